The van der Waals surface area contributed by atoms with Gasteiger partial charge in [0.15, 0.2) is 0 Å². The van der Waals surface area contributed by atoms with E-state index in [9.17, 15) is 0 Å². The highest BCUT2D eigenvalue weighted by atomic mass is 14.4. The molecule has 1 aromatic rings. The lowest BCUT2D eigenvalue weighted by Gasteiger charge is -2.28. The summed E-state index contributed by atoms with van der Waals surface area (Å²) in [6, 6.07) is 5.21. The van der Waals surface area contributed by atoms with E-state index in [0.717, 1.165) is 0 Å². The van der Waals surface area contributed by atoms with Crippen molar-refractivity contribution in [2.24, 2.45) is 5.89 Å². The monoisotopic (exact) mass is 220 g/mol. The van der Waals surface area contributed by atoms with Crippen molar-refractivity contribution in [3.63, 3.8) is 0 Å². The molecule has 0 aliphatic heterocycles. The fraction of sp³-hybridized carbons (Fsp3) is 0.375. The maximum atomic E-state index is 8.87. The molecule has 0 nitrogen and oxygen atoms in total. The first-order valence-electron chi connectivity index (χ1n) is 11.1. The highest BCUT2D eigenvalue weighted by molar-refractivity contribution is 6.01. The van der Waals surface area contributed by atoms with Crippen molar-refractivity contribution in [1.82, 2.24) is 0 Å². The highest BCUT2D eigenvalue weighted by Crippen LogP contribution is 2.53. The van der Waals surface area contributed by atoms with Crippen LogP contribution in [0.25, 0.3) is 11.1 Å². The fourth-order valence-corrected chi connectivity index (χ4v) is 2.29. The van der Waals surface area contributed by atoms with E-state index in [4.69, 9.17) is 16.4 Å². The first-order valence-corrected chi connectivity index (χ1v) is 5.08. The number of benzene rings is 1. The molecule has 1 unspecified atom stereocenters. The molecule has 0 amide bonds. The van der Waals surface area contributed by atoms with E-state index in [1.165, 1.54) is 18.2 Å². The maximum Gasteiger partial charge on any atom is 0.0582 e. The smallest absolute Gasteiger partial charge is 0.0582 e. The third-order valence-electron chi connectivity index (χ3n) is 2.97. The van der Waals surface area contributed by atoms with Crippen molar-refractivity contribution < 1.29 is 16.4 Å². The molecule has 0 fully saturated rings. The third kappa shape index (κ3) is 1.000. The number of rotatable bonds is 0. The molecule has 0 aromatic heterocycles. The zero-order valence-corrected chi connectivity index (χ0v) is 8.31. The van der Waals surface area contributed by atoms with Crippen molar-refractivity contribution in [2.75, 3.05) is 0 Å². The zero-order valence-electron chi connectivity index (χ0n) is 20.3. The van der Waals surface area contributed by atoms with Crippen LogP contribution >= 0.6 is 0 Å². The molecule has 0 saturated carbocycles. The summed E-state index contributed by atoms with van der Waals surface area (Å²) in [6.45, 7) is 0. The molecule has 1 aromatic carbocycles. The maximum absolute atomic E-state index is 8.87. The lowest BCUT2D eigenvalue weighted by Crippen LogP contribution is -2.12. The van der Waals surface area contributed by atoms with Crippen LogP contribution in [0.15, 0.2) is 35.9 Å². The van der Waals surface area contributed by atoms with Gasteiger partial charge in [-0.1, -0.05) is 30.3 Å². The van der Waals surface area contributed by atoms with E-state index in [2.05, 4.69) is 0 Å². The van der Waals surface area contributed by atoms with Gasteiger partial charge in [-0.2, -0.15) is 0 Å². The van der Waals surface area contributed by atoms with Crippen LogP contribution in [0, 0.1) is 5.89 Å². The van der Waals surface area contributed by atoms with Crippen LogP contribution in [0.1, 0.15) is 59.4 Å². The quantitative estimate of drug-likeness (QED) is 0.606. The van der Waals surface area contributed by atoms with Gasteiger partial charge in [0.1, 0.15) is 0 Å². The molecule has 4 rings (SSSR count). The Morgan fingerprint density at radius 2 is 2.12 bits per heavy atom. The second-order valence-corrected chi connectivity index (χ2v) is 3.80. The van der Waals surface area contributed by atoms with E-state index in [1.54, 1.807) is 6.07 Å². The summed E-state index contributed by atoms with van der Waals surface area (Å²) < 4.78 is 100. The van der Waals surface area contributed by atoms with Gasteiger partial charge >= 0.3 is 0 Å². The molecular formula is C16H16. The fourth-order valence-electron chi connectivity index (χ4n) is 2.29. The van der Waals surface area contributed by atoms with Gasteiger partial charge in [-0.25, -0.2) is 0 Å². The average Bonchev–Trinajstić information content (AvgIpc) is 2.93. The van der Waals surface area contributed by atoms with Gasteiger partial charge in [0, 0.05) is 15.1 Å². The second-order valence-electron chi connectivity index (χ2n) is 3.80. The zero-order chi connectivity index (χ0) is 21.3. The average molecular weight is 220 g/mol. The van der Waals surface area contributed by atoms with Crippen molar-refractivity contribution in [2.45, 2.75) is 31.9 Å². The first kappa shape index (κ1) is 3.13. The summed E-state index contributed by atoms with van der Waals surface area (Å²) in [7, 11) is 0. The summed E-state index contributed by atoms with van der Waals surface area (Å²) in [5.74, 6) is -3.12. The van der Waals surface area contributed by atoms with E-state index in [-0.39, 0.29) is 22.3 Å². The number of hydrogen-bond donors (Lipinski definition) is 0. The summed E-state index contributed by atoms with van der Waals surface area (Å²) in [5.41, 5.74) is -0.747. The number of fused-ring (bicyclic) bond motifs is 3. The van der Waals surface area contributed by atoms with Crippen LogP contribution in [0.2, 0.25) is 0 Å². The lowest BCUT2D eigenvalue weighted by molar-refractivity contribution is 0.494. The van der Waals surface area contributed by atoms with Crippen LogP contribution in [0.3, 0.4) is 0 Å². The van der Waals surface area contributed by atoms with Crippen LogP contribution in [0.4, 0.5) is 0 Å². The van der Waals surface area contributed by atoms with Crippen molar-refractivity contribution in [3.8, 4) is 0 Å². The molecule has 1 atom stereocenters. The summed E-state index contributed by atoms with van der Waals surface area (Å²) in [4.78, 5) is 0. The predicted octanol–water partition coefficient (Wildman–Crippen LogP) is 4.43. The van der Waals surface area contributed by atoms with Crippen LogP contribution < -0.4 is 0 Å². The Labute approximate surface area is 114 Å². The Morgan fingerprint density at radius 1 is 1.25 bits per heavy atom. The van der Waals surface area contributed by atoms with Crippen LogP contribution in [0.5, 0.6) is 0 Å². The Bertz CT molecular complexity index is 983. The van der Waals surface area contributed by atoms with Crippen molar-refractivity contribution in [3.05, 3.63) is 47.0 Å². The van der Waals surface area contributed by atoms with E-state index >= 15 is 0 Å². The van der Waals surface area contributed by atoms with Gasteiger partial charge in [0.2, 0.25) is 0 Å². The van der Waals surface area contributed by atoms with Crippen molar-refractivity contribution in [1.29, 1.82) is 0 Å². The Balaban J connectivity index is 2.33. The van der Waals surface area contributed by atoms with E-state index in [0.29, 0.717) is 0 Å². The molecule has 0 saturated heterocycles. The third-order valence-corrected chi connectivity index (χ3v) is 2.97. The highest BCUT2D eigenvalue weighted by Gasteiger charge is 2.34. The number of hydrogen-bond acceptors (Lipinski definition) is 0. The minimum Gasteiger partial charge on any atom is -0.0763 e. The largest absolute Gasteiger partial charge is 0.0763 e. The molecule has 0 N–H and O–H groups in total. The Hall–Kier alpha value is -1.30. The van der Waals surface area contributed by atoms with Gasteiger partial charge in [-0.05, 0) is 65.6 Å². The SMILES string of the molecule is [2H]C1=C2C3=C(c4ccccc42)C([2H])([2H])C([2H])([2H])C([2H])([2H])C3([2H])C([2H])([2H])C1([2H])[2H]. The van der Waals surface area contributed by atoms with Gasteiger partial charge < -0.3 is 0 Å². The second kappa shape index (κ2) is 3.10. The normalized spacial score (nSPS) is 58.2. The van der Waals surface area contributed by atoms with Gasteiger partial charge in [-0.15, -0.1) is 0 Å². The minimum atomic E-state index is -3.44. The van der Waals surface area contributed by atoms with Crippen LogP contribution in [-0.4, -0.2) is 0 Å². The molecule has 0 heterocycles. The molecule has 3 aliphatic carbocycles. The Morgan fingerprint density at radius 3 is 3.06 bits per heavy atom. The molecule has 16 heavy (non-hydrogen) atoms. The standard InChI is InChI=1S/C16H16/c1-2-8-13-12(7-1)14-9-3-5-11-6-4-10-15(13)16(11)14/h1-2,7-9,11H,3-6,10H2/i3D2,4D2,5D2,6D2,9D,10D2,11D. The summed E-state index contributed by atoms with van der Waals surface area (Å²) in [5, 5.41) is 0. The van der Waals surface area contributed by atoms with Crippen molar-refractivity contribution >= 4 is 11.1 Å². The topological polar surface area (TPSA) is 0 Å². The molecule has 0 heteroatoms. The lowest BCUT2D eigenvalue weighted by atomic mass is 9.76. The van der Waals surface area contributed by atoms with Gasteiger partial charge in [0.05, 0.1) is 1.37 Å². The Kier molecular flexibility index (Phi) is 0.606. The van der Waals surface area contributed by atoms with Crippen LogP contribution in [-0.2, 0) is 0 Å². The molecule has 0 radical (unpaired) electrons. The van der Waals surface area contributed by atoms with Gasteiger partial charge in [0.25, 0.3) is 0 Å². The first-order chi connectivity index (χ1) is 12.5. The predicted molar refractivity (Wildman–Crippen MR) is 67.9 cm³/mol. The minimum absolute atomic E-state index is 0.131. The van der Waals surface area contributed by atoms with Gasteiger partial charge in [-0.3, -0.25) is 0 Å². The molecule has 0 bridgehead atoms. The summed E-state index contributed by atoms with van der Waals surface area (Å²) >= 11 is 0. The molecule has 3 aliphatic rings. The molecular weight excluding hydrogens is 192 g/mol. The van der Waals surface area contributed by atoms with E-state index < -0.39 is 49.4 Å². The molecule has 0 spiro atoms. The van der Waals surface area contributed by atoms with E-state index in [1.807, 2.05) is 0 Å². The molecule has 80 valence electrons. The summed E-state index contributed by atoms with van der Waals surface area (Å²) in [6.07, 6.45) is -16.1. The number of allylic oxidation sites excluding steroid dienone is 4.